The van der Waals surface area contributed by atoms with Crippen molar-refractivity contribution in [2.24, 2.45) is 0 Å². The second-order valence-electron chi connectivity index (χ2n) is 4.37. The second kappa shape index (κ2) is 7.34. The minimum absolute atomic E-state index is 0.321. The Kier molecular flexibility index (Phi) is 5.23. The van der Waals surface area contributed by atoms with Gasteiger partial charge in [-0.05, 0) is 24.3 Å². The summed E-state index contributed by atoms with van der Waals surface area (Å²) >= 11 is 0. The Morgan fingerprint density at radius 3 is 2.50 bits per heavy atom. The van der Waals surface area contributed by atoms with Crippen molar-refractivity contribution in [3.8, 4) is 6.07 Å². The number of hydrogen-bond donors (Lipinski definition) is 1. The highest BCUT2D eigenvalue weighted by atomic mass is 32.2. The average molecular weight is 310 g/mol. The van der Waals surface area contributed by atoms with E-state index in [-0.39, 0.29) is 5.91 Å². The van der Waals surface area contributed by atoms with Gasteiger partial charge in [0.15, 0.2) is 0 Å². The van der Waals surface area contributed by atoms with Crippen LogP contribution in [0, 0.1) is 11.3 Å². The molecule has 0 saturated heterocycles. The number of hydrogen-bond acceptors (Lipinski definition) is 3. The van der Waals surface area contributed by atoms with Crippen molar-refractivity contribution in [1.29, 1.82) is 5.26 Å². The van der Waals surface area contributed by atoms with Gasteiger partial charge in [-0.3, -0.25) is 4.79 Å². The summed E-state index contributed by atoms with van der Waals surface area (Å²) in [5.74, 6) is -0.321. The number of amides is 1. The number of benzene rings is 2. The number of nitrogens with one attached hydrogen (secondary N) is 1. The van der Waals surface area contributed by atoms with Crippen LogP contribution >= 0.6 is 0 Å². The lowest BCUT2D eigenvalue weighted by Crippen LogP contribution is -2.24. The third-order valence-corrected chi connectivity index (χ3v) is 4.46. The van der Waals surface area contributed by atoms with Crippen LogP contribution < -0.4 is 5.32 Å². The first-order valence-electron chi connectivity index (χ1n) is 6.58. The summed E-state index contributed by atoms with van der Waals surface area (Å²) < 4.78 is 12.8. The minimum atomic E-state index is -1.61. The van der Waals surface area contributed by atoms with E-state index in [1.54, 1.807) is 54.6 Å². The molecule has 2 aromatic rings. The molecule has 1 atom stereocenters. The van der Waals surface area contributed by atoms with Gasteiger partial charge in [0.05, 0.1) is 31.7 Å². The molecule has 2 rings (SSSR count). The molecule has 4 nitrogen and oxygen atoms in total. The zero-order valence-corrected chi connectivity index (χ0v) is 12.6. The first kappa shape index (κ1) is 15.7. The van der Waals surface area contributed by atoms with Gasteiger partial charge in [-0.25, -0.2) is 4.21 Å². The Morgan fingerprint density at radius 2 is 1.82 bits per heavy atom. The van der Waals surface area contributed by atoms with Crippen molar-refractivity contribution in [2.75, 3.05) is 6.54 Å². The molecule has 0 aliphatic carbocycles. The summed E-state index contributed by atoms with van der Waals surface area (Å²) in [6.45, 7) is 3.87. The van der Waals surface area contributed by atoms with Gasteiger partial charge in [-0.2, -0.15) is 5.26 Å². The predicted molar refractivity (Wildman–Crippen MR) is 84.8 cm³/mol. The first-order valence-corrected chi connectivity index (χ1v) is 7.73. The van der Waals surface area contributed by atoms with E-state index in [1.807, 2.05) is 6.07 Å². The topological polar surface area (TPSA) is 70.0 Å². The molecule has 0 saturated carbocycles. The summed E-state index contributed by atoms with van der Waals surface area (Å²) in [6.07, 6.45) is 1.57. The summed E-state index contributed by atoms with van der Waals surface area (Å²) in [5, 5.41) is 11.8. The number of carbonyl (C=O) groups excluding carboxylic acids is 1. The van der Waals surface area contributed by atoms with Crippen LogP contribution in [0.2, 0.25) is 0 Å². The zero-order chi connectivity index (χ0) is 15.9. The molecular formula is C17H14N2O2S. The second-order valence-corrected chi connectivity index (χ2v) is 5.79. The molecule has 0 aromatic heterocycles. The molecule has 2 aromatic carbocycles. The Balaban J connectivity index is 2.45. The van der Waals surface area contributed by atoms with Crippen LogP contribution in [0.4, 0.5) is 0 Å². The maximum absolute atomic E-state index is 12.8. The maximum Gasteiger partial charge on any atom is 0.252 e. The van der Waals surface area contributed by atoms with Gasteiger partial charge in [0.2, 0.25) is 0 Å². The monoisotopic (exact) mass is 310 g/mol. The third kappa shape index (κ3) is 3.30. The first-order chi connectivity index (χ1) is 10.7. The lowest BCUT2D eigenvalue weighted by Gasteiger charge is -2.10. The molecule has 22 heavy (non-hydrogen) atoms. The molecule has 5 heteroatoms. The SMILES string of the molecule is C=CCNC(=O)c1ccccc1[S@@](=O)c1ccccc1C#N. The van der Waals surface area contributed by atoms with Crippen molar-refractivity contribution >= 4 is 16.7 Å². The number of nitriles is 1. The molecule has 0 bridgehead atoms. The van der Waals surface area contributed by atoms with E-state index in [0.717, 1.165) is 0 Å². The van der Waals surface area contributed by atoms with E-state index < -0.39 is 10.8 Å². The van der Waals surface area contributed by atoms with Crippen molar-refractivity contribution in [1.82, 2.24) is 5.32 Å². The van der Waals surface area contributed by atoms with Gasteiger partial charge < -0.3 is 5.32 Å². The van der Waals surface area contributed by atoms with E-state index in [4.69, 9.17) is 5.26 Å². The highest BCUT2D eigenvalue weighted by Crippen LogP contribution is 2.22. The van der Waals surface area contributed by atoms with Crippen LogP contribution in [-0.2, 0) is 10.8 Å². The van der Waals surface area contributed by atoms with Crippen molar-refractivity contribution in [3.63, 3.8) is 0 Å². The van der Waals surface area contributed by atoms with Crippen molar-refractivity contribution < 1.29 is 9.00 Å². The van der Waals surface area contributed by atoms with Gasteiger partial charge >= 0.3 is 0 Å². The normalized spacial score (nSPS) is 11.2. The fourth-order valence-corrected chi connectivity index (χ4v) is 3.23. The lowest BCUT2D eigenvalue weighted by molar-refractivity contribution is 0.0955. The van der Waals surface area contributed by atoms with Crippen molar-refractivity contribution in [3.05, 3.63) is 72.3 Å². The number of nitrogens with zero attached hydrogens (tertiary/aromatic N) is 1. The molecule has 1 N–H and O–H groups in total. The van der Waals surface area contributed by atoms with Gasteiger partial charge in [0.1, 0.15) is 6.07 Å². The standard InChI is InChI=1S/C17H14N2O2S/c1-2-11-19-17(20)14-8-4-6-10-16(14)22(21)15-9-5-3-7-13(15)12-18/h2-10H,1,11H2,(H,19,20)/t22-/m0/s1. The van der Waals surface area contributed by atoms with Crippen LogP contribution in [-0.4, -0.2) is 16.7 Å². The fraction of sp³-hybridized carbons (Fsp3) is 0.0588. The molecular weight excluding hydrogens is 296 g/mol. The van der Waals surface area contributed by atoms with Crippen LogP contribution in [0.25, 0.3) is 0 Å². The van der Waals surface area contributed by atoms with E-state index in [2.05, 4.69) is 11.9 Å². The van der Waals surface area contributed by atoms with Gasteiger partial charge in [0, 0.05) is 6.54 Å². The Hall–Kier alpha value is -2.71. The summed E-state index contributed by atoms with van der Waals surface area (Å²) in [4.78, 5) is 12.9. The van der Waals surface area contributed by atoms with Crippen LogP contribution in [0.5, 0.6) is 0 Å². The smallest absolute Gasteiger partial charge is 0.252 e. The third-order valence-electron chi connectivity index (χ3n) is 2.95. The summed E-state index contributed by atoms with van der Waals surface area (Å²) in [6, 6.07) is 15.4. The summed E-state index contributed by atoms with van der Waals surface area (Å²) in [7, 11) is -1.61. The van der Waals surface area contributed by atoms with Gasteiger partial charge in [0.25, 0.3) is 5.91 Å². The van der Waals surface area contributed by atoms with Crippen molar-refractivity contribution in [2.45, 2.75) is 9.79 Å². The molecule has 0 spiro atoms. The van der Waals surface area contributed by atoms with Gasteiger partial charge in [-0.1, -0.05) is 30.3 Å². The molecule has 110 valence electrons. The maximum atomic E-state index is 12.8. The highest BCUT2D eigenvalue weighted by molar-refractivity contribution is 7.85. The zero-order valence-electron chi connectivity index (χ0n) is 11.8. The van der Waals surface area contributed by atoms with E-state index in [1.165, 1.54) is 0 Å². The Bertz CT molecular complexity index is 778. The van der Waals surface area contributed by atoms with Gasteiger partial charge in [-0.15, -0.1) is 6.58 Å². The Morgan fingerprint density at radius 1 is 1.18 bits per heavy atom. The molecule has 0 unspecified atom stereocenters. The average Bonchev–Trinajstić information content (AvgIpc) is 2.59. The lowest BCUT2D eigenvalue weighted by atomic mass is 10.2. The highest BCUT2D eigenvalue weighted by Gasteiger charge is 2.18. The van der Waals surface area contributed by atoms with E-state index >= 15 is 0 Å². The minimum Gasteiger partial charge on any atom is -0.349 e. The molecule has 0 heterocycles. The number of carbonyl (C=O) groups is 1. The Labute approximate surface area is 131 Å². The van der Waals surface area contributed by atoms with Crippen LogP contribution in [0.15, 0.2) is 71.0 Å². The van der Waals surface area contributed by atoms with Crippen LogP contribution in [0.1, 0.15) is 15.9 Å². The molecule has 0 aliphatic rings. The molecule has 0 fully saturated rings. The largest absolute Gasteiger partial charge is 0.349 e. The summed E-state index contributed by atoms with van der Waals surface area (Å²) in [5.41, 5.74) is 0.664. The molecule has 1 amide bonds. The quantitative estimate of drug-likeness (QED) is 0.863. The van der Waals surface area contributed by atoms with Crippen LogP contribution in [0.3, 0.4) is 0 Å². The molecule has 0 aliphatic heterocycles. The molecule has 0 radical (unpaired) electrons. The van der Waals surface area contributed by atoms with E-state index in [0.29, 0.717) is 27.5 Å². The van der Waals surface area contributed by atoms with E-state index in [9.17, 15) is 9.00 Å². The number of rotatable bonds is 5. The fourth-order valence-electron chi connectivity index (χ4n) is 1.92. The predicted octanol–water partition coefficient (Wildman–Crippen LogP) is 2.64.